The number of carboxylic acids is 1. The molecule has 0 spiro atoms. The molecular formula is C14H17ClO5S. The van der Waals surface area contributed by atoms with Gasteiger partial charge in [-0.1, -0.05) is 23.7 Å². The molecular weight excluding hydrogens is 316 g/mol. The van der Waals surface area contributed by atoms with Crippen molar-refractivity contribution >= 4 is 27.4 Å². The Kier molecular flexibility index (Phi) is 4.91. The molecule has 1 N–H and O–H groups in total. The predicted molar refractivity (Wildman–Crippen MR) is 78.2 cm³/mol. The highest BCUT2D eigenvalue weighted by molar-refractivity contribution is 7.92. The van der Waals surface area contributed by atoms with Crippen molar-refractivity contribution in [1.29, 1.82) is 0 Å². The summed E-state index contributed by atoms with van der Waals surface area (Å²) in [4.78, 5) is 11.4. The molecule has 3 unspecified atom stereocenters. The number of benzene rings is 1. The lowest BCUT2D eigenvalue weighted by Crippen LogP contribution is -2.21. The third-order valence-corrected chi connectivity index (χ3v) is 6.60. The summed E-state index contributed by atoms with van der Waals surface area (Å²) in [5.41, 5.74) is 0. The van der Waals surface area contributed by atoms with Crippen molar-refractivity contribution in [3.05, 3.63) is 29.3 Å². The number of hydrogen-bond acceptors (Lipinski definition) is 4. The molecule has 0 heterocycles. The Bertz CT molecular complexity index is 628. The topological polar surface area (TPSA) is 80.7 Å². The Balaban J connectivity index is 2.30. The number of sulfone groups is 1. The summed E-state index contributed by atoms with van der Waals surface area (Å²) in [5, 5.41) is 8.67. The van der Waals surface area contributed by atoms with Gasteiger partial charge in [0.05, 0.1) is 21.1 Å². The minimum Gasteiger partial charge on any atom is -0.481 e. The maximum atomic E-state index is 12.7. The summed E-state index contributed by atoms with van der Waals surface area (Å²) in [6.07, 6.45) is 0.370. The van der Waals surface area contributed by atoms with E-state index in [4.69, 9.17) is 16.3 Å². The summed E-state index contributed by atoms with van der Waals surface area (Å²) in [7, 11) is -2.16. The number of methoxy groups -OCH3 is 1. The van der Waals surface area contributed by atoms with E-state index in [0.717, 1.165) is 0 Å². The molecule has 21 heavy (non-hydrogen) atoms. The highest BCUT2D eigenvalue weighted by Crippen LogP contribution is 2.39. The summed E-state index contributed by atoms with van der Waals surface area (Å²) >= 11 is 5.96. The van der Waals surface area contributed by atoms with Gasteiger partial charge in [0.25, 0.3) is 0 Å². The van der Waals surface area contributed by atoms with E-state index < -0.39 is 27.0 Å². The van der Waals surface area contributed by atoms with Crippen molar-refractivity contribution in [3.63, 3.8) is 0 Å². The van der Waals surface area contributed by atoms with Gasteiger partial charge in [0.15, 0.2) is 9.84 Å². The first-order valence-corrected chi connectivity index (χ1v) is 8.50. The molecule has 1 fully saturated rings. The van der Waals surface area contributed by atoms with Gasteiger partial charge in [-0.15, -0.1) is 0 Å². The summed E-state index contributed by atoms with van der Waals surface area (Å²) in [6, 6.07) is 6.24. The van der Waals surface area contributed by atoms with Crippen LogP contribution in [0.5, 0.6) is 0 Å². The molecule has 0 saturated heterocycles. The second-order valence-corrected chi connectivity index (χ2v) is 7.83. The van der Waals surface area contributed by atoms with Gasteiger partial charge in [0, 0.05) is 13.7 Å². The zero-order valence-electron chi connectivity index (χ0n) is 11.5. The van der Waals surface area contributed by atoms with E-state index in [9.17, 15) is 18.3 Å². The third-order valence-electron chi connectivity index (χ3n) is 3.93. The standard InChI is InChI=1S/C14H17ClO5S/c1-20-8-9-6-10(7-11(9)14(16)17)21(18,19)13-5-3-2-4-12(13)15/h2-5,9-11H,6-8H2,1H3,(H,16,17). The molecule has 0 bridgehead atoms. The number of carboxylic acid groups (broad SMARTS) is 1. The summed E-state index contributed by atoms with van der Waals surface area (Å²) in [6.45, 7) is 0.242. The second-order valence-electron chi connectivity index (χ2n) is 5.23. The van der Waals surface area contributed by atoms with E-state index in [2.05, 4.69) is 0 Å². The largest absolute Gasteiger partial charge is 0.481 e. The second kappa shape index (κ2) is 6.34. The van der Waals surface area contributed by atoms with Crippen molar-refractivity contribution in [2.45, 2.75) is 23.0 Å². The maximum absolute atomic E-state index is 12.7. The van der Waals surface area contributed by atoms with Crippen LogP contribution >= 0.6 is 11.6 Å². The van der Waals surface area contributed by atoms with Crippen LogP contribution in [0.4, 0.5) is 0 Å². The summed E-state index contributed by atoms with van der Waals surface area (Å²) < 4.78 is 30.3. The van der Waals surface area contributed by atoms with Crippen LogP contribution in [0.15, 0.2) is 29.2 Å². The van der Waals surface area contributed by atoms with E-state index >= 15 is 0 Å². The average molecular weight is 333 g/mol. The van der Waals surface area contributed by atoms with Crippen LogP contribution in [0.25, 0.3) is 0 Å². The highest BCUT2D eigenvalue weighted by Gasteiger charge is 2.45. The first kappa shape index (κ1) is 16.3. The van der Waals surface area contributed by atoms with Gasteiger partial charge in [0.1, 0.15) is 0 Å². The molecule has 5 nitrogen and oxygen atoms in total. The average Bonchev–Trinajstić information content (AvgIpc) is 2.84. The van der Waals surface area contributed by atoms with Gasteiger partial charge in [-0.25, -0.2) is 8.42 Å². The predicted octanol–water partition coefficient (Wildman–Crippen LogP) is 2.24. The fourth-order valence-corrected chi connectivity index (χ4v) is 5.27. The fourth-order valence-electron chi connectivity index (χ4n) is 2.88. The number of ether oxygens (including phenoxy) is 1. The van der Waals surface area contributed by atoms with Gasteiger partial charge in [0.2, 0.25) is 0 Å². The Morgan fingerprint density at radius 3 is 2.62 bits per heavy atom. The lowest BCUT2D eigenvalue weighted by atomic mass is 9.97. The first-order valence-electron chi connectivity index (χ1n) is 6.58. The van der Waals surface area contributed by atoms with Crippen LogP contribution in [-0.2, 0) is 19.4 Å². The van der Waals surface area contributed by atoms with Crippen LogP contribution in [-0.4, -0.2) is 38.5 Å². The number of halogens is 1. The van der Waals surface area contributed by atoms with Crippen LogP contribution in [0.1, 0.15) is 12.8 Å². The van der Waals surface area contributed by atoms with E-state index in [1.54, 1.807) is 12.1 Å². The van der Waals surface area contributed by atoms with Crippen molar-refractivity contribution in [2.24, 2.45) is 11.8 Å². The number of carbonyl (C=O) groups is 1. The van der Waals surface area contributed by atoms with E-state index in [-0.39, 0.29) is 35.3 Å². The fraction of sp³-hybridized carbons (Fsp3) is 0.500. The smallest absolute Gasteiger partial charge is 0.306 e. The van der Waals surface area contributed by atoms with E-state index in [1.807, 2.05) is 0 Å². The monoisotopic (exact) mass is 332 g/mol. The molecule has 1 aliphatic carbocycles. The highest BCUT2D eigenvalue weighted by atomic mass is 35.5. The third kappa shape index (κ3) is 3.22. The van der Waals surface area contributed by atoms with Gasteiger partial charge in [-0.3, -0.25) is 4.79 Å². The zero-order valence-corrected chi connectivity index (χ0v) is 13.1. The zero-order chi connectivity index (χ0) is 15.6. The Hall–Kier alpha value is -1.11. The van der Waals surface area contributed by atoms with Crippen molar-refractivity contribution < 1.29 is 23.1 Å². The molecule has 0 radical (unpaired) electrons. The Morgan fingerprint density at radius 2 is 2.05 bits per heavy atom. The minimum absolute atomic E-state index is 0.0684. The molecule has 116 valence electrons. The molecule has 1 aromatic carbocycles. The normalized spacial score (nSPS) is 25.9. The number of hydrogen-bond donors (Lipinski definition) is 1. The number of aliphatic carboxylic acids is 1. The molecule has 0 aromatic heterocycles. The lowest BCUT2D eigenvalue weighted by molar-refractivity contribution is -0.143. The van der Waals surface area contributed by atoms with Gasteiger partial charge in [-0.2, -0.15) is 0 Å². The van der Waals surface area contributed by atoms with E-state index in [1.165, 1.54) is 19.2 Å². The van der Waals surface area contributed by atoms with Crippen LogP contribution in [0.3, 0.4) is 0 Å². The van der Waals surface area contributed by atoms with Crippen molar-refractivity contribution in [3.8, 4) is 0 Å². The van der Waals surface area contributed by atoms with Gasteiger partial charge >= 0.3 is 5.97 Å². The molecule has 1 aliphatic rings. The molecule has 2 rings (SSSR count). The first-order chi connectivity index (χ1) is 9.87. The summed E-state index contributed by atoms with van der Waals surface area (Å²) in [5.74, 6) is -1.98. The van der Waals surface area contributed by atoms with Crippen molar-refractivity contribution in [2.75, 3.05) is 13.7 Å². The molecule has 3 atom stereocenters. The SMILES string of the molecule is COCC1CC(S(=O)(=O)c2ccccc2Cl)CC1C(=O)O. The van der Waals surface area contributed by atoms with Gasteiger partial charge < -0.3 is 9.84 Å². The molecule has 7 heteroatoms. The van der Waals surface area contributed by atoms with Crippen LogP contribution in [0, 0.1) is 11.8 Å². The Labute approximate surface area is 128 Å². The molecule has 1 saturated carbocycles. The maximum Gasteiger partial charge on any atom is 0.306 e. The lowest BCUT2D eigenvalue weighted by Gasteiger charge is -2.13. The minimum atomic E-state index is -3.64. The molecule has 1 aromatic rings. The quantitative estimate of drug-likeness (QED) is 0.894. The Morgan fingerprint density at radius 1 is 1.38 bits per heavy atom. The van der Waals surface area contributed by atoms with Crippen LogP contribution < -0.4 is 0 Å². The van der Waals surface area contributed by atoms with E-state index in [0.29, 0.717) is 0 Å². The van der Waals surface area contributed by atoms with Gasteiger partial charge in [-0.05, 0) is 30.9 Å². The van der Waals surface area contributed by atoms with Crippen molar-refractivity contribution in [1.82, 2.24) is 0 Å². The molecule has 0 aliphatic heterocycles. The number of rotatable bonds is 5. The van der Waals surface area contributed by atoms with Crippen LogP contribution in [0.2, 0.25) is 5.02 Å². The molecule has 0 amide bonds.